The lowest BCUT2D eigenvalue weighted by Gasteiger charge is -2.14. The molecule has 0 unspecified atom stereocenters. The first-order valence-corrected chi connectivity index (χ1v) is 11.3. The van der Waals surface area contributed by atoms with Crippen molar-refractivity contribution in [3.8, 4) is 11.5 Å². The first-order chi connectivity index (χ1) is 15.9. The van der Waals surface area contributed by atoms with Gasteiger partial charge in [0.1, 0.15) is 22.7 Å². The largest absolute Gasteiger partial charge is 0.507 e. The second kappa shape index (κ2) is 10.8. The van der Waals surface area contributed by atoms with Crippen LogP contribution in [0.25, 0.3) is 10.8 Å². The van der Waals surface area contributed by atoms with E-state index in [0.29, 0.717) is 32.6 Å². The summed E-state index contributed by atoms with van der Waals surface area (Å²) in [7, 11) is 0. The normalized spacial score (nSPS) is 11.1. The summed E-state index contributed by atoms with van der Waals surface area (Å²) in [6, 6.07) is 11.5. The Morgan fingerprint density at radius 1 is 0.970 bits per heavy atom. The molecule has 172 valence electrons. The Bertz CT molecular complexity index is 1230. The number of esters is 2. The monoisotopic (exact) mass is 468 g/mol. The molecular weight excluding hydrogens is 444 g/mol. The lowest BCUT2D eigenvalue weighted by Crippen LogP contribution is -2.06. The van der Waals surface area contributed by atoms with Crippen molar-refractivity contribution in [1.29, 1.82) is 0 Å². The molecule has 0 saturated carbocycles. The van der Waals surface area contributed by atoms with Crippen molar-refractivity contribution in [2.45, 2.75) is 25.7 Å². The van der Waals surface area contributed by atoms with Crippen molar-refractivity contribution in [2.24, 2.45) is 10.2 Å². The van der Waals surface area contributed by atoms with Crippen LogP contribution in [-0.2, 0) is 14.3 Å². The van der Waals surface area contributed by atoms with Crippen LogP contribution < -0.4 is 0 Å². The molecule has 0 aliphatic heterocycles. The highest BCUT2D eigenvalue weighted by Gasteiger charge is 2.19. The molecule has 3 rings (SSSR count). The van der Waals surface area contributed by atoms with Crippen molar-refractivity contribution >= 4 is 45.8 Å². The van der Waals surface area contributed by atoms with E-state index in [-0.39, 0.29) is 42.0 Å². The molecule has 0 heterocycles. The number of fused-ring (bicyclic) bond motifs is 1. The zero-order chi connectivity index (χ0) is 24.0. The number of rotatable bonds is 8. The summed E-state index contributed by atoms with van der Waals surface area (Å²) >= 11 is 1.20. The number of thioether (sulfide) groups is 1. The van der Waals surface area contributed by atoms with E-state index in [9.17, 15) is 19.8 Å². The molecule has 0 bridgehead atoms. The molecule has 0 aliphatic carbocycles. The molecule has 0 aromatic heterocycles. The van der Waals surface area contributed by atoms with E-state index in [1.165, 1.54) is 30.0 Å². The van der Waals surface area contributed by atoms with E-state index >= 15 is 0 Å². The highest BCUT2D eigenvalue weighted by molar-refractivity contribution is 8.00. The third kappa shape index (κ3) is 5.43. The number of azo groups is 1. The van der Waals surface area contributed by atoms with Gasteiger partial charge in [0, 0.05) is 27.3 Å². The zero-order valence-corrected chi connectivity index (χ0v) is 19.3. The van der Waals surface area contributed by atoms with Crippen molar-refractivity contribution in [3.05, 3.63) is 53.6 Å². The fourth-order valence-corrected chi connectivity index (χ4v) is 4.13. The fourth-order valence-electron chi connectivity index (χ4n) is 3.19. The van der Waals surface area contributed by atoms with E-state index in [4.69, 9.17) is 9.47 Å². The zero-order valence-electron chi connectivity index (χ0n) is 18.5. The quantitative estimate of drug-likeness (QED) is 0.243. The molecular formula is C24H24N2O6S. The van der Waals surface area contributed by atoms with Crippen LogP contribution in [0.15, 0.2) is 57.6 Å². The van der Waals surface area contributed by atoms with Crippen LogP contribution in [0.1, 0.15) is 29.8 Å². The average Bonchev–Trinajstić information content (AvgIpc) is 2.80. The second-order valence-electron chi connectivity index (χ2n) is 6.91. The Morgan fingerprint density at radius 3 is 2.33 bits per heavy atom. The summed E-state index contributed by atoms with van der Waals surface area (Å²) in [6.45, 7) is 5.63. The van der Waals surface area contributed by atoms with Gasteiger partial charge in [-0.1, -0.05) is 24.3 Å². The maximum absolute atomic E-state index is 11.9. The van der Waals surface area contributed by atoms with E-state index in [2.05, 4.69) is 10.2 Å². The fraction of sp³-hybridized carbons (Fsp3) is 0.250. The van der Waals surface area contributed by atoms with Crippen molar-refractivity contribution in [3.63, 3.8) is 0 Å². The summed E-state index contributed by atoms with van der Waals surface area (Å²) < 4.78 is 9.92. The highest BCUT2D eigenvalue weighted by Crippen LogP contribution is 2.45. The molecule has 0 radical (unpaired) electrons. The molecule has 3 aromatic rings. The number of hydrogen-bond donors (Lipinski definition) is 2. The molecule has 0 amide bonds. The number of aromatic hydroxyl groups is 2. The lowest BCUT2D eigenvalue weighted by atomic mass is 10.0. The lowest BCUT2D eigenvalue weighted by molar-refractivity contribution is -0.139. The van der Waals surface area contributed by atoms with Gasteiger partial charge in [-0.25, -0.2) is 4.79 Å². The summed E-state index contributed by atoms with van der Waals surface area (Å²) in [4.78, 5) is 24.4. The van der Waals surface area contributed by atoms with Gasteiger partial charge in [0.05, 0.1) is 24.7 Å². The average molecular weight is 469 g/mol. The van der Waals surface area contributed by atoms with E-state index in [0.717, 1.165) is 0 Å². The van der Waals surface area contributed by atoms with Crippen LogP contribution in [0.2, 0.25) is 0 Å². The summed E-state index contributed by atoms with van der Waals surface area (Å²) in [5.74, 6) is -1.13. The highest BCUT2D eigenvalue weighted by atomic mass is 32.2. The first-order valence-electron chi connectivity index (χ1n) is 10.3. The molecule has 0 saturated heterocycles. The molecule has 2 N–H and O–H groups in total. The summed E-state index contributed by atoms with van der Waals surface area (Å²) in [5.41, 5.74) is 1.39. The SMILES string of the molecule is CCOC(=O)CSc1c(C)c(O)c2ccccc2c1N=Nc1ccc(C(=O)OCC)c(O)c1. The first kappa shape index (κ1) is 24.1. The molecule has 0 fully saturated rings. The molecule has 0 aliphatic rings. The van der Waals surface area contributed by atoms with Crippen LogP contribution >= 0.6 is 11.8 Å². The van der Waals surface area contributed by atoms with E-state index in [1.54, 1.807) is 39.0 Å². The van der Waals surface area contributed by atoms with Crippen LogP contribution in [0, 0.1) is 6.92 Å². The van der Waals surface area contributed by atoms with Crippen molar-refractivity contribution < 1.29 is 29.3 Å². The Morgan fingerprint density at radius 2 is 1.67 bits per heavy atom. The summed E-state index contributed by atoms with van der Waals surface area (Å²) in [6.07, 6.45) is 0. The third-order valence-electron chi connectivity index (χ3n) is 4.73. The number of nitrogens with zero attached hydrogens (tertiary/aromatic N) is 2. The molecule has 33 heavy (non-hydrogen) atoms. The van der Waals surface area contributed by atoms with Gasteiger partial charge >= 0.3 is 11.9 Å². The molecule has 0 spiro atoms. The van der Waals surface area contributed by atoms with Crippen LogP contribution in [-0.4, -0.2) is 41.1 Å². The van der Waals surface area contributed by atoms with Crippen LogP contribution in [0.4, 0.5) is 11.4 Å². The minimum atomic E-state index is -0.628. The number of benzene rings is 3. The number of carbonyl (C=O) groups is 2. The van der Waals surface area contributed by atoms with Gasteiger partial charge in [0.25, 0.3) is 0 Å². The van der Waals surface area contributed by atoms with Crippen molar-refractivity contribution in [2.75, 3.05) is 19.0 Å². The van der Waals surface area contributed by atoms with Gasteiger partial charge in [0.2, 0.25) is 0 Å². The molecule has 9 heteroatoms. The van der Waals surface area contributed by atoms with Gasteiger partial charge in [-0.15, -0.1) is 16.9 Å². The van der Waals surface area contributed by atoms with Crippen molar-refractivity contribution in [1.82, 2.24) is 0 Å². The maximum atomic E-state index is 11.9. The standard InChI is InChI=1S/C24H24N2O6S/c1-4-31-20(28)13-33-23-14(3)22(29)17-9-7-6-8-16(17)21(23)26-25-15-10-11-18(19(27)12-15)24(30)32-5-2/h6-12,27,29H,4-5,13H2,1-3H3. The predicted molar refractivity (Wildman–Crippen MR) is 126 cm³/mol. The Labute approximate surface area is 195 Å². The maximum Gasteiger partial charge on any atom is 0.341 e. The third-order valence-corrected chi connectivity index (χ3v) is 5.90. The number of phenolic OH excluding ortho intramolecular Hbond substituents is 2. The topological polar surface area (TPSA) is 118 Å². The molecule has 3 aromatic carbocycles. The number of hydrogen-bond acceptors (Lipinski definition) is 9. The van der Waals surface area contributed by atoms with Crippen LogP contribution in [0.5, 0.6) is 11.5 Å². The minimum absolute atomic E-state index is 0.0346. The van der Waals surface area contributed by atoms with Gasteiger partial charge in [-0.2, -0.15) is 5.11 Å². The van der Waals surface area contributed by atoms with E-state index in [1.807, 2.05) is 6.07 Å². The number of phenols is 2. The van der Waals surface area contributed by atoms with Gasteiger partial charge in [-0.05, 0) is 32.9 Å². The van der Waals surface area contributed by atoms with Gasteiger partial charge in [0.15, 0.2) is 0 Å². The number of ether oxygens (including phenoxy) is 2. The van der Waals surface area contributed by atoms with Crippen LogP contribution in [0.3, 0.4) is 0 Å². The Kier molecular flexibility index (Phi) is 7.89. The summed E-state index contributed by atoms with van der Waals surface area (Å²) in [5, 5.41) is 30.8. The smallest absolute Gasteiger partial charge is 0.341 e. The Hall–Kier alpha value is -3.59. The van der Waals surface area contributed by atoms with Gasteiger partial charge in [-0.3, -0.25) is 4.79 Å². The second-order valence-corrected chi connectivity index (χ2v) is 7.90. The Balaban J connectivity index is 2.04. The molecule has 8 nitrogen and oxygen atoms in total. The predicted octanol–water partition coefficient (Wildman–Crippen LogP) is 5.81. The van der Waals surface area contributed by atoms with Gasteiger partial charge < -0.3 is 19.7 Å². The number of carbonyl (C=O) groups excluding carboxylic acids is 2. The molecule has 0 atom stereocenters. The van der Waals surface area contributed by atoms with E-state index < -0.39 is 5.97 Å². The minimum Gasteiger partial charge on any atom is -0.507 e.